The maximum Gasteiger partial charge on any atom is 0.164 e. The van der Waals surface area contributed by atoms with Crippen molar-refractivity contribution in [2.75, 3.05) is 0 Å². The van der Waals surface area contributed by atoms with E-state index < -0.39 is 0 Å². The molecule has 0 N–H and O–H groups in total. The predicted octanol–water partition coefficient (Wildman–Crippen LogP) is 19.1. The highest BCUT2D eigenvalue weighted by Crippen LogP contribution is 2.57. The molecular weight excluding hydrogens is 1040 g/mol. The van der Waals surface area contributed by atoms with E-state index in [4.69, 9.17) is 29.9 Å². The molecule has 4 heterocycles. The van der Waals surface area contributed by atoms with Gasteiger partial charge in [0.05, 0.1) is 0 Å². The molecule has 0 fully saturated rings. The van der Waals surface area contributed by atoms with Crippen molar-refractivity contribution < 1.29 is 0 Å². The number of hydrogen-bond acceptors (Lipinski definition) is 8. The molecule has 382 valence electrons. The Morgan fingerprint density at radius 3 is 0.988 bits per heavy atom. The normalized spacial score (nSPS) is 14.1. The fourth-order valence-electron chi connectivity index (χ4n) is 12.8. The van der Waals surface area contributed by atoms with Crippen LogP contribution in [0.4, 0.5) is 0 Å². The Bertz CT molecular complexity index is 4770. The first kappa shape index (κ1) is 46.8. The second kappa shape index (κ2) is 18.7. The number of benzene rings is 11. The summed E-state index contributed by atoms with van der Waals surface area (Å²) in [6, 6.07) is 91.1. The van der Waals surface area contributed by atoms with Gasteiger partial charge in [-0.1, -0.05) is 218 Å². The highest BCUT2D eigenvalue weighted by atomic mass is 32.1. The van der Waals surface area contributed by atoms with E-state index in [1.54, 1.807) is 0 Å². The molecule has 3 aliphatic carbocycles. The topological polar surface area (TPSA) is 77.3 Å². The van der Waals surface area contributed by atoms with Crippen molar-refractivity contribution in [3.8, 4) is 90.6 Å². The van der Waals surface area contributed by atoms with E-state index in [-0.39, 0.29) is 11.8 Å². The van der Waals surface area contributed by atoms with Gasteiger partial charge in [-0.15, -0.1) is 22.7 Å². The monoisotopic (exact) mass is 1080 g/mol. The van der Waals surface area contributed by atoms with Crippen LogP contribution in [-0.2, 0) is 0 Å². The molecule has 82 heavy (non-hydrogen) atoms. The second-order valence-corrected chi connectivity index (χ2v) is 23.4. The Hall–Kier alpha value is -10.1. The van der Waals surface area contributed by atoms with Gasteiger partial charge in [0.25, 0.3) is 0 Å². The zero-order valence-corrected chi connectivity index (χ0v) is 45.5. The van der Waals surface area contributed by atoms with Crippen LogP contribution in [0.15, 0.2) is 255 Å². The standard InChI is InChI=1S/C74H44N6S2/c1-3-17-43(18-4-1)69-75-71(79-73(77-69)59-27-11-7-21-49(59)45-31-35-53-51-23-13-15-29-63(51)81-65(53)41-45)47-33-37-57-61(39-47)67-55-25-9-10-26-56(55)68(57)62-40-48(34-38-58(62)67)72-76-70(44-19-5-2-6-20-44)78-74(80-72)60-28-12-8-22-50(60)46-32-36-54-52-24-14-16-30-64(52)82-66(54)42-46/h1-42,67-68H. The Morgan fingerprint density at radius 2 is 0.537 bits per heavy atom. The average molecular weight is 1080 g/mol. The maximum atomic E-state index is 5.39. The molecule has 0 spiro atoms. The molecule has 3 aliphatic rings. The Balaban J connectivity index is 0.776. The number of aromatic nitrogens is 6. The summed E-state index contributed by atoms with van der Waals surface area (Å²) in [6.45, 7) is 0. The molecule has 11 aromatic carbocycles. The zero-order chi connectivity index (χ0) is 53.8. The van der Waals surface area contributed by atoms with Gasteiger partial charge in [-0.25, -0.2) is 29.9 Å². The van der Waals surface area contributed by atoms with Crippen molar-refractivity contribution in [3.05, 3.63) is 288 Å². The van der Waals surface area contributed by atoms with E-state index in [9.17, 15) is 0 Å². The molecule has 18 rings (SSSR count). The summed E-state index contributed by atoms with van der Waals surface area (Å²) < 4.78 is 5.08. The van der Waals surface area contributed by atoms with Gasteiger partial charge >= 0.3 is 0 Å². The average Bonchev–Trinajstić information content (AvgIpc) is 1.36. The number of nitrogens with zero attached hydrogens (tertiary/aromatic N) is 6. The lowest BCUT2D eigenvalue weighted by Crippen LogP contribution is -2.27. The first-order valence-corrected chi connectivity index (χ1v) is 29.3. The number of fused-ring (bicyclic) bond motifs is 6. The summed E-state index contributed by atoms with van der Waals surface area (Å²) in [5.41, 5.74) is 17.8. The highest BCUT2D eigenvalue weighted by Gasteiger charge is 2.42. The van der Waals surface area contributed by atoms with Gasteiger partial charge in [0, 0.05) is 85.6 Å². The van der Waals surface area contributed by atoms with Crippen LogP contribution >= 0.6 is 22.7 Å². The molecule has 8 heteroatoms. The molecule has 4 aromatic heterocycles. The lowest BCUT2D eigenvalue weighted by molar-refractivity contribution is 0.754. The highest BCUT2D eigenvalue weighted by molar-refractivity contribution is 7.26. The molecule has 15 aromatic rings. The molecule has 0 aliphatic heterocycles. The third-order valence-electron chi connectivity index (χ3n) is 16.6. The Morgan fingerprint density at radius 1 is 0.207 bits per heavy atom. The number of hydrogen-bond donors (Lipinski definition) is 0. The lowest BCUT2D eigenvalue weighted by atomic mass is 9.61. The Labute approximate surface area is 480 Å². The van der Waals surface area contributed by atoms with Crippen molar-refractivity contribution >= 4 is 63.0 Å². The van der Waals surface area contributed by atoms with Gasteiger partial charge in [0.1, 0.15) is 0 Å². The zero-order valence-electron chi connectivity index (χ0n) is 43.9. The van der Waals surface area contributed by atoms with Gasteiger partial charge in [-0.05, 0) is 92.0 Å². The minimum atomic E-state index is -0.0152. The second-order valence-electron chi connectivity index (χ2n) is 21.2. The molecule has 6 nitrogen and oxygen atoms in total. The van der Waals surface area contributed by atoms with Gasteiger partial charge in [-0.3, -0.25) is 0 Å². The molecule has 0 amide bonds. The van der Waals surface area contributed by atoms with Crippen molar-refractivity contribution in [1.82, 2.24) is 29.9 Å². The molecular formula is C74H44N6S2. The lowest BCUT2D eigenvalue weighted by Gasteiger charge is -2.42. The van der Waals surface area contributed by atoms with Crippen LogP contribution in [0.3, 0.4) is 0 Å². The summed E-state index contributed by atoms with van der Waals surface area (Å²) in [7, 11) is 0. The minimum absolute atomic E-state index is 0.0152. The van der Waals surface area contributed by atoms with Crippen LogP contribution < -0.4 is 0 Å². The van der Waals surface area contributed by atoms with Crippen LogP contribution in [0.5, 0.6) is 0 Å². The number of thiophene rings is 2. The van der Waals surface area contributed by atoms with Crippen LogP contribution in [0.25, 0.3) is 131 Å². The third kappa shape index (κ3) is 7.60. The third-order valence-corrected chi connectivity index (χ3v) is 18.9. The van der Waals surface area contributed by atoms with Crippen molar-refractivity contribution in [2.45, 2.75) is 11.8 Å². The fraction of sp³-hybridized carbons (Fsp3) is 0.0270. The molecule has 2 unspecified atom stereocenters. The predicted molar refractivity (Wildman–Crippen MR) is 337 cm³/mol. The van der Waals surface area contributed by atoms with E-state index in [1.165, 1.54) is 73.7 Å². The largest absolute Gasteiger partial charge is 0.208 e. The molecule has 0 radical (unpaired) electrons. The minimum Gasteiger partial charge on any atom is -0.208 e. The maximum absolute atomic E-state index is 5.39. The van der Waals surface area contributed by atoms with Gasteiger partial charge in [-0.2, -0.15) is 0 Å². The van der Waals surface area contributed by atoms with Gasteiger partial charge in [0.2, 0.25) is 0 Å². The molecule has 2 bridgehead atoms. The van der Waals surface area contributed by atoms with Crippen LogP contribution in [-0.4, -0.2) is 29.9 Å². The van der Waals surface area contributed by atoms with Crippen molar-refractivity contribution in [2.24, 2.45) is 0 Å². The van der Waals surface area contributed by atoms with Crippen LogP contribution in [0.2, 0.25) is 0 Å². The van der Waals surface area contributed by atoms with E-state index in [2.05, 4.69) is 218 Å². The molecule has 0 saturated heterocycles. The number of rotatable bonds is 8. The summed E-state index contributed by atoms with van der Waals surface area (Å²) in [5, 5.41) is 5.11. The first-order valence-electron chi connectivity index (χ1n) is 27.6. The van der Waals surface area contributed by atoms with Gasteiger partial charge in [0.15, 0.2) is 34.9 Å². The van der Waals surface area contributed by atoms with Crippen molar-refractivity contribution in [1.29, 1.82) is 0 Å². The summed E-state index contributed by atoms with van der Waals surface area (Å²) >= 11 is 3.66. The summed E-state index contributed by atoms with van der Waals surface area (Å²) in [5.74, 6) is 3.76. The SMILES string of the molecule is c1ccc(-c2nc(-c3ccc4c(c3)C3c5ccccc5C4c4cc(-c5nc(-c6ccccc6)nc(-c6ccccc6-c6ccc7c(c6)sc6ccccc67)n5)ccc43)nc(-c3ccccc3-c3ccc4c(c3)sc3ccccc34)n2)cc1. The Kier molecular flexibility index (Phi) is 10.7. The summed E-state index contributed by atoms with van der Waals surface area (Å²) in [4.78, 5) is 31.8. The van der Waals surface area contributed by atoms with Crippen LogP contribution in [0, 0.1) is 0 Å². The van der Waals surface area contributed by atoms with Crippen molar-refractivity contribution in [3.63, 3.8) is 0 Å². The summed E-state index contributed by atoms with van der Waals surface area (Å²) in [6.07, 6.45) is 0. The van der Waals surface area contributed by atoms with E-state index in [0.29, 0.717) is 34.9 Å². The van der Waals surface area contributed by atoms with Gasteiger partial charge < -0.3 is 0 Å². The fourth-order valence-corrected chi connectivity index (χ4v) is 15.1. The quantitative estimate of drug-likeness (QED) is 0.151. The smallest absolute Gasteiger partial charge is 0.164 e. The molecule has 0 saturated carbocycles. The van der Waals surface area contributed by atoms with Crippen LogP contribution in [0.1, 0.15) is 45.2 Å². The first-order chi connectivity index (χ1) is 40.6. The van der Waals surface area contributed by atoms with E-state index >= 15 is 0 Å². The molecule has 2 atom stereocenters. The van der Waals surface area contributed by atoms with E-state index in [0.717, 1.165) is 55.6 Å². The van der Waals surface area contributed by atoms with E-state index in [1.807, 2.05) is 59.1 Å².